The molecule has 0 radical (unpaired) electrons. The third kappa shape index (κ3) is 133. The number of rotatable bonds is 0. The van der Waals surface area contributed by atoms with Crippen LogP contribution in [-0.4, -0.2) is 0 Å². The van der Waals surface area contributed by atoms with Gasteiger partial charge in [0.1, 0.15) is 0 Å². The van der Waals surface area contributed by atoms with E-state index >= 15 is 0 Å². The molecule has 0 bridgehead atoms. The Morgan fingerprint density at radius 2 is 1.00 bits per heavy atom. The smallest absolute Gasteiger partial charge is 0.00934 e. The highest BCUT2D eigenvalue weighted by Gasteiger charge is 1.95. The lowest BCUT2D eigenvalue weighted by molar-refractivity contribution is 0.469. The quantitative estimate of drug-likeness (QED) is 0.465. The maximum absolute atomic E-state index is 2.19. The van der Waals surface area contributed by atoms with Gasteiger partial charge in [0.15, 0.2) is 0 Å². The van der Waals surface area contributed by atoms with Crippen molar-refractivity contribution in [2.75, 3.05) is 0 Å². The molecule has 0 atom stereocenters. The topological polar surface area (TPSA) is 0 Å². The van der Waals surface area contributed by atoms with Crippen LogP contribution in [0.25, 0.3) is 0 Å². The molecular formula is C16H36S. The normalized spacial score (nSPS) is 8.35. The van der Waals surface area contributed by atoms with E-state index in [9.17, 15) is 0 Å². The first-order valence-electron chi connectivity index (χ1n) is 6.20. The lowest BCUT2D eigenvalue weighted by Gasteiger charge is -2.05. The molecule has 0 unspecified atom stereocenters. The highest BCUT2D eigenvalue weighted by molar-refractivity contribution is 7.07. The van der Waals surface area contributed by atoms with Gasteiger partial charge in [0.05, 0.1) is 0 Å². The molecule has 106 valence electrons. The molecular weight excluding hydrogens is 224 g/mol. The van der Waals surface area contributed by atoms with Crippen molar-refractivity contribution in [3.63, 3.8) is 0 Å². The summed E-state index contributed by atoms with van der Waals surface area (Å²) in [5.74, 6) is 0.833. The van der Waals surface area contributed by atoms with Crippen LogP contribution in [0.3, 0.4) is 0 Å². The molecule has 0 spiro atoms. The molecule has 0 fully saturated rings. The first-order valence-corrected chi connectivity index (χ1v) is 7.15. The predicted octanol–water partition coefficient (Wildman–Crippen LogP) is 7.13. The summed E-state index contributed by atoms with van der Waals surface area (Å²) in [6.07, 6.45) is 0. The van der Waals surface area contributed by atoms with Gasteiger partial charge in [-0.25, -0.2) is 0 Å². The average molecular weight is 261 g/mol. The Kier molecular flexibility index (Phi) is 27.1. The van der Waals surface area contributed by atoms with Crippen LogP contribution in [0.1, 0.15) is 69.7 Å². The van der Waals surface area contributed by atoms with E-state index in [0.29, 0.717) is 5.41 Å². The largest absolute Gasteiger partial charge is 0.152 e. The lowest BCUT2D eigenvalue weighted by Crippen LogP contribution is -1.93. The van der Waals surface area contributed by atoms with Crippen LogP contribution >= 0.6 is 11.3 Å². The number of thiophene rings is 1. The van der Waals surface area contributed by atoms with E-state index in [2.05, 4.69) is 48.5 Å². The molecule has 0 N–H and O–H groups in total. The number of hydrogen-bond donors (Lipinski definition) is 0. The van der Waals surface area contributed by atoms with Gasteiger partial charge >= 0.3 is 0 Å². The first kappa shape index (κ1) is 25.5. The van der Waals surface area contributed by atoms with Crippen molar-refractivity contribution in [1.29, 1.82) is 0 Å². The Morgan fingerprint density at radius 3 is 1.06 bits per heavy atom. The third-order valence-corrected chi connectivity index (χ3v) is 1.05. The van der Waals surface area contributed by atoms with Crippen molar-refractivity contribution in [2.24, 2.45) is 11.3 Å². The fourth-order valence-corrected chi connectivity index (χ4v) is 0.680. The second-order valence-corrected chi connectivity index (χ2v) is 6.34. The Labute approximate surface area is 115 Å². The molecule has 1 heterocycles. The van der Waals surface area contributed by atoms with E-state index in [1.54, 1.807) is 11.3 Å². The molecule has 0 aliphatic rings. The van der Waals surface area contributed by atoms with Crippen LogP contribution in [0.15, 0.2) is 22.9 Å². The van der Waals surface area contributed by atoms with Gasteiger partial charge < -0.3 is 0 Å². The summed E-state index contributed by atoms with van der Waals surface area (Å²) in [6.45, 7) is 19.2. The molecule has 0 saturated heterocycles. The highest BCUT2D eigenvalue weighted by Crippen LogP contribution is 2.08. The van der Waals surface area contributed by atoms with Crippen molar-refractivity contribution < 1.29 is 0 Å². The lowest BCUT2D eigenvalue weighted by atomic mass is 10.0. The first-order chi connectivity index (χ1) is 7.23. The van der Waals surface area contributed by atoms with Crippen LogP contribution < -0.4 is 0 Å². The third-order valence-electron chi connectivity index (χ3n) is 0.425. The van der Waals surface area contributed by atoms with Crippen LogP contribution in [0, 0.1) is 11.3 Å². The van der Waals surface area contributed by atoms with E-state index in [4.69, 9.17) is 0 Å². The predicted molar refractivity (Wildman–Crippen MR) is 88.0 cm³/mol. The van der Waals surface area contributed by atoms with Gasteiger partial charge in [0.25, 0.3) is 0 Å². The van der Waals surface area contributed by atoms with Gasteiger partial charge in [0.2, 0.25) is 0 Å². The molecule has 17 heavy (non-hydrogen) atoms. The minimum Gasteiger partial charge on any atom is -0.152 e. The van der Waals surface area contributed by atoms with E-state index < -0.39 is 0 Å². The van der Waals surface area contributed by atoms with Crippen LogP contribution in [0.5, 0.6) is 0 Å². The molecule has 1 aromatic heterocycles. The minimum atomic E-state index is 0. The standard InChI is InChI=1S/C5H12.C4H4S.C4H10.C2H6.CH4/c1-5(2,3)4;1-2-4-5-3-1;1-4(2)3;1-2;/h1-4H3;1-4H;4H,1-3H3;1-2H3;1H4. The van der Waals surface area contributed by atoms with Gasteiger partial charge in [-0.05, 0) is 22.1 Å². The Bertz CT molecular complexity index is 142. The fourth-order valence-electron chi connectivity index (χ4n) is 0.227. The van der Waals surface area contributed by atoms with Crippen molar-refractivity contribution >= 4 is 11.3 Å². The van der Waals surface area contributed by atoms with E-state index in [1.165, 1.54) is 0 Å². The molecule has 1 rings (SSSR count). The summed E-state index contributed by atoms with van der Waals surface area (Å²) < 4.78 is 0. The van der Waals surface area contributed by atoms with Crippen molar-refractivity contribution in [2.45, 2.75) is 69.7 Å². The summed E-state index contributed by atoms with van der Waals surface area (Å²) in [7, 11) is 0. The van der Waals surface area contributed by atoms with E-state index in [0.717, 1.165) is 5.92 Å². The maximum Gasteiger partial charge on any atom is -0.00934 e. The Morgan fingerprint density at radius 1 is 0.824 bits per heavy atom. The van der Waals surface area contributed by atoms with Gasteiger partial charge in [0, 0.05) is 0 Å². The maximum atomic E-state index is 2.19. The Balaban J connectivity index is -0.0000000681. The zero-order valence-electron chi connectivity index (χ0n) is 12.8. The summed E-state index contributed by atoms with van der Waals surface area (Å²) >= 11 is 1.71. The highest BCUT2D eigenvalue weighted by atomic mass is 32.1. The molecule has 0 nitrogen and oxygen atoms in total. The molecule has 0 aromatic carbocycles. The second-order valence-electron chi connectivity index (χ2n) is 5.53. The van der Waals surface area contributed by atoms with Crippen LogP contribution in [-0.2, 0) is 0 Å². The zero-order valence-corrected chi connectivity index (χ0v) is 13.6. The van der Waals surface area contributed by atoms with Gasteiger partial charge in [-0.1, -0.05) is 81.9 Å². The monoisotopic (exact) mass is 260 g/mol. The molecule has 0 aliphatic heterocycles. The SMILES string of the molecule is C.CC.CC(C)(C)C.CC(C)C.c1ccsc1. The van der Waals surface area contributed by atoms with E-state index in [-0.39, 0.29) is 7.43 Å². The molecule has 1 heteroatoms. The molecule has 0 saturated carbocycles. The van der Waals surface area contributed by atoms with Crippen LogP contribution in [0.2, 0.25) is 0 Å². The second kappa shape index (κ2) is 18.1. The molecule has 1 aromatic rings. The number of hydrogen-bond acceptors (Lipinski definition) is 1. The fraction of sp³-hybridized carbons (Fsp3) is 0.750. The zero-order chi connectivity index (χ0) is 13.6. The Hall–Kier alpha value is -0.300. The molecule has 0 amide bonds. The van der Waals surface area contributed by atoms with Crippen molar-refractivity contribution in [1.82, 2.24) is 0 Å². The minimum absolute atomic E-state index is 0. The summed E-state index contributed by atoms with van der Waals surface area (Å²) in [6, 6.07) is 4.04. The van der Waals surface area contributed by atoms with Gasteiger partial charge in [-0.3, -0.25) is 0 Å². The molecule has 0 aliphatic carbocycles. The van der Waals surface area contributed by atoms with Crippen molar-refractivity contribution in [3.8, 4) is 0 Å². The summed E-state index contributed by atoms with van der Waals surface area (Å²) in [5.41, 5.74) is 0.500. The summed E-state index contributed by atoms with van der Waals surface area (Å²) in [4.78, 5) is 0. The summed E-state index contributed by atoms with van der Waals surface area (Å²) in [5, 5.41) is 4.08. The van der Waals surface area contributed by atoms with Gasteiger partial charge in [-0.15, -0.1) is 0 Å². The average Bonchev–Trinajstić information content (AvgIpc) is 2.58. The van der Waals surface area contributed by atoms with E-state index in [1.807, 2.05) is 36.7 Å². The van der Waals surface area contributed by atoms with Gasteiger partial charge in [-0.2, -0.15) is 11.3 Å². The van der Waals surface area contributed by atoms with Crippen LogP contribution in [0.4, 0.5) is 0 Å². The van der Waals surface area contributed by atoms with Crippen molar-refractivity contribution in [3.05, 3.63) is 22.9 Å².